The number of hydrogen-bond donors (Lipinski definition) is 2. The van der Waals surface area contributed by atoms with Crippen molar-refractivity contribution in [2.75, 3.05) is 26.1 Å². The first kappa shape index (κ1) is 20.1. The first-order valence-corrected chi connectivity index (χ1v) is 9.26. The molecule has 2 aromatic carbocycles. The maximum Gasteiger partial charge on any atom is 0.270 e. The summed E-state index contributed by atoms with van der Waals surface area (Å²) in [6.07, 6.45) is 0.659. The molecular formula is C22H24N4O3. The number of nitrogens with zero attached hydrogens (tertiary/aromatic N) is 2. The Bertz CT molecular complexity index is 991. The summed E-state index contributed by atoms with van der Waals surface area (Å²) < 4.78 is 10.7. The van der Waals surface area contributed by atoms with E-state index in [1.807, 2.05) is 48.5 Å². The Balaban J connectivity index is 1.68. The maximum absolute atomic E-state index is 12.6. The Labute approximate surface area is 170 Å². The van der Waals surface area contributed by atoms with E-state index in [-0.39, 0.29) is 5.91 Å². The summed E-state index contributed by atoms with van der Waals surface area (Å²) in [5.41, 5.74) is 2.10. The van der Waals surface area contributed by atoms with E-state index in [4.69, 9.17) is 9.47 Å². The topological polar surface area (TPSA) is 85.4 Å². The van der Waals surface area contributed by atoms with Crippen LogP contribution in [-0.2, 0) is 6.42 Å². The largest absolute Gasteiger partial charge is 0.496 e. The van der Waals surface area contributed by atoms with Gasteiger partial charge in [-0.2, -0.15) is 0 Å². The lowest BCUT2D eigenvalue weighted by Gasteiger charge is -2.12. The molecule has 0 bridgehead atoms. The van der Waals surface area contributed by atoms with Crippen LogP contribution in [0.2, 0.25) is 0 Å². The number of hydrogen-bond acceptors (Lipinski definition) is 6. The molecule has 0 saturated carbocycles. The Kier molecular flexibility index (Phi) is 6.63. The van der Waals surface area contributed by atoms with Gasteiger partial charge in [0.15, 0.2) is 0 Å². The molecule has 7 nitrogen and oxygen atoms in total. The second-order valence-corrected chi connectivity index (χ2v) is 6.33. The highest BCUT2D eigenvalue weighted by Crippen LogP contribution is 2.26. The number of ether oxygens (including phenoxy) is 2. The molecule has 2 N–H and O–H groups in total. The number of aryl methyl sites for hydroxylation is 1. The number of benzene rings is 2. The van der Waals surface area contributed by atoms with Crippen LogP contribution in [0.4, 0.5) is 11.5 Å². The predicted octanol–water partition coefficient (Wildman–Crippen LogP) is 3.52. The van der Waals surface area contributed by atoms with Crippen molar-refractivity contribution in [2.45, 2.75) is 13.3 Å². The molecule has 7 heteroatoms. The molecule has 3 aromatic rings. The number of amides is 1. The van der Waals surface area contributed by atoms with E-state index >= 15 is 0 Å². The van der Waals surface area contributed by atoms with Crippen LogP contribution >= 0.6 is 0 Å². The van der Waals surface area contributed by atoms with Gasteiger partial charge in [0, 0.05) is 12.6 Å². The Hall–Kier alpha value is -3.61. The van der Waals surface area contributed by atoms with Crippen molar-refractivity contribution in [2.24, 2.45) is 0 Å². The molecule has 1 heterocycles. The normalized spacial score (nSPS) is 10.3. The summed E-state index contributed by atoms with van der Waals surface area (Å²) in [5, 5.41) is 6.09. The highest BCUT2D eigenvalue weighted by Gasteiger charge is 2.12. The third-order valence-electron chi connectivity index (χ3n) is 4.31. The van der Waals surface area contributed by atoms with Gasteiger partial charge >= 0.3 is 0 Å². The van der Waals surface area contributed by atoms with Crippen LogP contribution in [0.15, 0.2) is 54.6 Å². The molecular weight excluding hydrogens is 368 g/mol. The maximum atomic E-state index is 12.6. The second-order valence-electron chi connectivity index (χ2n) is 6.33. The van der Waals surface area contributed by atoms with Crippen LogP contribution in [0.25, 0.3) is 0 Å². The van der Waals surface area contributed by atoms with Crippen LogP contribution in [0.1, 0.15) is 21.9 Å². The molecule has 0 atom stereocenters. The summed E-state index contributed by atoms with van der Waals surface area (Å²) in [6.45, 7) is 2.22. The lowest BCUT2D eigenvalue weighted by atomic mass is 10.1. The number of rotatable bonds is 8. The summed E-state index contributed by atoms with van der Waals surface area (Å²) in [5.74, 6) is 2.26. The van der Waals surface area contributed by atoms with Gasteiger partial charge in [-0.3, -0.25) is 4.79 Å². The van der Waals surface area contributed by atoms with Gasteiger partial charge in [-0.15, -0.1) is 0 Å². The molecule has 1 amide bonds. The number of anilines is 2. The van der Waals surface area contributed by atoms with E-state index in [1.54, 1.807) is 27.2 Å². The Morgan fingerprint density at radius 2 is 1.66 bits per heavy atom. The zero-order chi connectivity index (χ0) is 20.6. The van der Waals surface area contributed by atoms with Crippen LogP contribution in [0.5, 0.6) is 11.5 Å². The summed E-state index contributed by atoms with van der Waals surface area (Å²) in [4.78, 5) is 21.2. The van der Waals surface area contributed by atoms with E-state index in [9.17, 15) is 4.79 Å². The number of aromatic nitrogens is 2. The molecule has 0 spiro atoms. The van der Waals surface area contributed by atoms with Crippen molar-refractivity contribution in [3.63, 3.8) is 0 Å². The van der Waals surface area contributed by atoms with Gasteiger partial charge in [0.25, 0.3) is 5.91 Å². The predicted molar refractivity (Wildman–Crippen MR) is 112 cm³/mol. The molecule has 29 heavy (non-hydrogen) atoms. The third-order valence-corrected chi connectivity index (χ3v) is 4.31. The highest BCUT2D eigenvalue weighted by atomic mass is 16.5. The highest BCUT2D eigenvalue weighted by molar-refractivity contribution is 5.93. The summed E-state index contributed by atoms with van der Waals surface area (Å²) >= 11 is 0. The van der Waals surface area contributed by atoms with Crippen LogP contribution in [-0.4, -0.2) is 36.6 Å². The molecule has 1 aromatic heterocycles. The van der Waals surface area contributed by atoms with Crippen molar-refractivity contribution >= 4 is 17.4 Å². The van der Waals surface area contributed by atoms with E-state index in [1.165, 1.54) is 0 Å². The van der Waals surface area contributed by atoms with Crippen molar-refractivity contribution < 1.29 is 14.3 Å². The summed E-state index contributed by atoms with van der Waals surface area (Å²) in [6, 6.07) is 16.9. The van der Waals surface area contributed by atoms with E-state index in [0.717, 1.165) is 17.0 Å². The van der Waals surface area contributed by atoms with Gasteiger partial charge in [-0.05, 0) is 37.1 Å². The smallest absolute Gasteiger partial charge is 0.270 e. The molecule has 0 unspecified atom stereocenters. The van der Waals surface area contributed by atoms with Gasteiger partial charge < -0.3 is 20.1 Å². The molecule has 3 rings (SSSR count). The third kappa shape index (κ3) is 5.22. The molecule has 0 aliphatic carbocycles. The fourth-order valence-corrected chi connectivity index (χ4v) is 2.94. The number of nitrogens with one attached hydrogen (secondary N) is 2. The van der Waals surface area contributed by atoms with E-state index < -0.39 is 0 Å². The molecule has 0 saturated heterocycles. The summed E-state index contributed by atoms with van der Waals surface area (Å²) in [7, 11) is 3.24. The van der Waals surface area contributed by atoms with E-state index in [0.29, 0.717) is 36.1 Å². The number of methoxy groups -OCH3 is 2. The molecule has 150 valence electrons. The van der Waals surface area contributed by atoms with Gasteiger partial charge in [0.05, 0.1) is 19.9 Å². The SMILES string of the molecule is COc1ccccc1CCNC(=O)c1cc(Nc2ccccc2OC)nc(C)n1. The minimum atomic E-state index is -0.256. The molecule has 0 fully saturated rings. The van der Waals surface area contributed by atoms with Gasteiger partial charge in [0.1, 0.15) is 28.8 Å². The van der Waals surface area contributed by atoms with Gasteiger partial charge in [-0.1, -0.05) is 30.3 Å². The van der Waals surface area contributed by atoms with Crippen molar-refractivity contribution in [3.05, 3.63) is 71.7 Å². The zero-order valence-corrected chi connectivity index (χ0v) is 16.7. The number of carbonyl (C=O) groups is 1. The van der Waals surface area contributed by atoms with E-state index in [2.05, 4.69) is 20.6 Å². The lowest BCUT2D eigenvalue weighted by Crippen LogP contribution is -2.27. The fraction of sp³-hybridized carbons (Fsp3) is 0.227. The minimum absolute atomic E-state index is 0.256. The lowest BCUT2D eigenvalue weighted by molar-refractivity contribution is 0.0948. The van der Waals surface area contributed by atoms with Crippen molar-refractivity contribution in [3.8, 4) is 11.5 Å². The second kappa shape index (κ2) is 9.54. The number of para-hydroxylation sites is 3. The van der Waals surface area contributed by atoms with Gasteiger partial charge in [0.2, 0.25) is 0 Å². The first-order valence-electron chi connectivity index (χ1n) is 9.26. The zero-order valence-electron chi connectivity index (χ0n) is 16.7. The van der Waals surface area contributed by atoms with Crippen molar-refractivity contribution in [1.82, 2.24) is 15.3 Å². The number of carbonyl (C=O) groups excluding carboxylic acids is 1. The van der Waals surface area contributed by atoms with Crippen LogP contribution in [0.3, 0.4) is 0 Å². The quantitative estimate of drug-likeness (QED) is 0.610. The minimum Gasteiger partial charge on any atom is -0.496 e. The van der Waals surface area contributed by atoms with Crippen LogP contribution in [0, 0.1) is 6.92 Å². The van der Waals surface area contributed by atoms with Gasteiger partial charge in [-0.25, -0.2) is 9.97 Å². The molecule has 0 radical (unpaired) electrons. The monoisotopic (exact) mass is 392 g/mol. The van der Waals surface area contributed by atoms with Crippen LogP contribution < -0.4 is 20.1 Å². The fourth-order valence-electron chi connectivity index (χ4n) is 2.94. The average molecular weight is 392 g/mol. The standard InChI is InChI=1S/C22H24N4O3/c1-15-24-18(14-21(25-15)26-17-9-5-7-11-20(17)29-3)22(27)23-13-12-16-8-4-6-10-19(16)28-2/h4-11,14H,12-13H2,1-3H3,(H,23,27)(H,24,25,26). The first-order chi connectivity index (χ1) is 14.1. The molecule has 0 aliphatic rings. The van der Waals surface area contributed by atoms with Crippen molar-refractivity contribution in [1.29, 1.82) is 0 Å². The molecule has 0 aliphatic heterocycles. The average Bonchev–Trinajstić information content (AvgIpc) is 2.74. The Morgan fingerprint density at radius 1 is 0.966 bits per heavy atom. The Morgan fingerprint density at radius 3 is 2.41 bits per heavy atom.